The fourth-order valence-electron chi connectivity index (χ4n) is 2.53. The molecule has 0 bridgehead atoms. The Hall–Kier alpha value is -1.72. The minimum atomic E-state index is -0.470. The van der Waals surface area contributed by atoms with E-state index in [1.54, 1.807) is 18.2 Å². The van der Waals surface area contributed by atoms with Crippen molar-refractivity contribution in [2.45, 2.75) is 52.2 Å². The van der Waals surface area contributed by atoms with Crippen LogP contribution in [0.3, 0.4) is 0 Å². The highest BCUT2D eigenvalue weighted by Gasteiger charge is 2.30. The molecule has 0 radical (unpaired) electrons. The van der Waals surface area contributed by atoms with E-state index in [0.717, 1.165) is 37.3 Å². The molecule has 0 aliphatic carbocycles. The van der Waals surface area contributed by atoms with Gasteiger partial charge in [0, 0.05) is 25.7 Å². The Bertz CT molecular complexity index is 493. The summed E-state index contributed by atoms with van der Waals surface area (Å²) in [4.78, 5) is 16.0. The van der Waals surface area contributed by atoms with Crippen LogP contribution < -0.4 is 4.90 Å². The second-order valence-electron chi connectivity index (χ2n) is 6.65. The van der Waals surface area contributed by atoms with Gasteiger partial charge in [0.2, 0.25) is 0 Å². The zero-order valence-corrected chi connectivity index (χ0v) is 13.5. The molecule has 0 aromatic carbocycles. The first-order valence-corrected chi connectivity index (χ1v) is 7.39. The van der Waals surface area contributed by atoms with Crippen molar-refractivity contribution in [3.05, 3.63) is 11.8 Å². The van der Waals surface area contributed by atoms with Crippen LogP contribution in [0.25, 0.3) is 0 Å². The Balaban J connectivity index is 2.00. The van der Waals surface area contributed by atoms with E-state index in [2.05, 4.69) is 10.1 Å². The summed E-state index contributed by atoms with van der Waals surface area (Å²) in [6.07, 6.45) is 3.37. The summed E-state index contributed by atoms with van der Waals surface area (Å²) in [5.74, 6) is 0.872. The van der Waals surface area contributed by atoms with Gasteiger partial charge in [0.15, 0.2) is 5.82 Å². The van der Waals surface area contributed by atoms with Gasteiger partial charge in [-0.25, -0.2) is 4.79 Å². The maximum atomic E-state index is 12.2. The Labute approximate surface area is 126 Å². The standard InChI is InChI=1S/C15H25N3O3/c1-11-10-20-16-13(11)18-8-6-7-12(9-18)17(5)14(19)21-15(2,3)4/h10,12H,6-9H2,1-5H3/t12-/m1/s1. The number of amides is 1. The van der Waals surface area contributed by atoms with Gasteiger partial charge in [-0.3, -0.25) is 0 Å². The van der Waals surface area contributed by atoms with Crippen molar-refractivity contribution < 1.29 is 14.1 Å². The summed E-state index contributed by atoms with van der Waals surface area (Å²) in [7, 11) is 1.80. The summed E-state index contributed by atoms with van der Waals surface area (Å²) < 4.78 is 10.4. The minimum Gasteiger partial charge on any atom is -0.444 e. The number of carbonyl (C=O) groups excluding carboxylic acids is 1. The molecule has 0 N–H and O–H groups in total. The molecule has 6 nitrogen and oxygen atoms in total. The van der Waals surface area contributed by atoms with Crippen molar-refractivity contribution in [1.29, 1.82) is 0 Å². The molecule has 1 amide bonds. The Kier molecular flexibility index (Phi) is 4.44. The molecule has 0 unspecified atom stereocenters. The quantitative estimate of drug-likeness (QED) is 0.839. The lowest BCUT2D eigenvalue weighted by Crippen LogP contribution is -2.50. The number of hydrogen-bond donors (Lipinski definition) is 0. The first-order chi connectivity index (χ1) is 9.78. The highest BCUT2D eigenvalue weighted by molar-refractivity contribution is 5.68. The van der Waals surface area contributed by atoms with Crippen LogP contribution in [-0.2, 0) is 4.74 Å². The van der Waals surface area contributed by atoms with Gasteiger partial charge in [0.25, 0.3) is 0 Å². The number of rotatable bonds is 2. The minimum absolute atomic E-state index is 0.129. The number of anilines is 1. The first-order valence-electron chi connectivity index (χ1n) is 7.39. The Morgan fingerprint density at radius 3 is 2.81 bits per heavy atom. The van der Waals surface area contributed by atoms with E-state index in [4.69, 9.17) is 9.26 Å². The summed E-state index contributed by atoms with van der Waals surface area (Å²) in [6, 6.07) is 0.129. The van der Waals surface area contributed by atoms with Gasteiger partial charge in [-0.2, -0.15) is 0 Å². The predicted molar refractivity (Wildman–Crippen MR) is 80.5 cm³/mol. The largest absolute Gasteiger partial charge is 0.444 e. The summed E-state index contributed by atoms with van der Waals surface area (Å²) in [6.45, 7) is 9.31. The van der Waals surface area contributed by atoms with Crippen LogP contribution >= 0.6 is 0 Å². The molecule has 1 fully saturated rings. The monoisotopic (exact) mass is 295 g/mol. The molecule has 1 aromatic rings. The maximum Gasteiger partial charge on any atom is 0.410 e. The highest BCUT2D eigenvalue weighted by atomic mass is 16.6. The zero-order valence-electron chi connectivity index (χ0n) is 13.5. The van der Waals surface area contributed by atoms with E-state index in [0.29, 0.717) is 0 Å². The third kappa shape index (κ3) is 3.89. The van der Waals surface area contributed by atoms with Crippen molar-refractivity contribution >= 4 is 11.9 Å². The summed E-state index contributed by atoms with van der Waals surface area (Å²) >= 11 is 0. The fraction of sp³-hybridized carbons (Fsp3) is 0.733. The molecule has 1 aliphatic heterocycles. The lowest BCUT2D eigenvalue weighted by Gasteiger charge is -2.38. The van der Waals surface area contributed by atoms with Gasteiger partial charge >= 0.3 is 6.09 Å². The van der Waals surface area contributed by atoms with Crippen LogP contribution in [0.1, 0.15) is 39.2 Å². The van der Waals surface area contributed by atoms with Crippen LogP contribution in [0.4, 0.5) is 10.6 Å². The lowest BCUT2D eigenvalue weighted by molar-refractivity contribution is 0.0209. The van der Waals surface area contributed by atoms with Gasteiger partial charge in [0.05, 0.1) is 6.04 Å². The Morgan fingerprint density at radius 1 is 1.52 bits per heavy atom. The fourth-order valence-corrected chi connectivity index (χ4v) is 2.53. The highest BCUT2D eigenvalue weighted by Crippen LogP contribution is 2.24. The topological polar surface area (TPSA) is 58.8 Å². The lowest BCUT2D eigenvalue weighted by atomic mass is 10.0. The molecular weight excluding hydrogens is 270 g/mol. The molecule has 21 heavy (non-hydrogen) atoms. The van der Waals surface area contributed by atoms with E-state index in [-0.39, 0.29) is 12.1 Å². The first kappa shape index (κ1) is 15.7. The number of hydrogen-bond acceptors (Lipinski definition) is 5. The third-order valence-corrected chi connectivity index (χ3v) is 3.65. The molecule has 1 saturated heterocycles. The zero-order chi connectivity index (χ0) is 15.6. The maximum absolute atomic E-state index is 12.2. The van der Waals surface area contributed by atoms with Gasteiger partial charge in [-0.15, -0.1) is 0 Å². The normalized spacial score (nSPS) is 19.5. The van der Waals surface area contributed by atoms with Gasteiger partial charge in [0.1, 0.15) is 11.9 Å². The smallest absolute Gasteiger partial charge is 0.410 e. The molecule has 0 saturated carbocycles. The van der Waals surface area contributed by atoms with E-state index >= 15 is 0 Å². The van der Waals surface area contributed by atoms with Crippen LogP contribution in [0, 0.1) is 6.92 Å². The number of piperidine rings is 1. The molecule has 1 aliphatic rings. The molecule has 6 heteroatoms. The number of likely N-dealkylation sites (N-methyl/N-ethyl adjacent to an activating group) is 1. The number of ether oxygens (including phenoxy) is 1. The molecule has 2 rings (SSSR count). The van der Waals surface area contributed by atoms with Crippen LogP contribution in [0.15, 0.2) is 10.8 Å². The number of nitrogens with zero attached hydrogens (tertiary/aromatic N) is 3. The van der Waals surface area contributed by atoms with Gasteiger partial charge in [-0.05, 0) is 40.5 Å². The summed E-state index contributed by atoms with van der Waals surface area (Å²) in [5.41, 5.74) is 0.554. The molecule has 2 heterocycles. The van der Waals surface area contributed by atoms with Crippen molar-refractivity contribution in [2.75, 3.05) is 25.0 Å². The molecule has 1 aromatic heterocycles. The van der Waals surface area contributed by atoms with Crippen molar-refractivity contribution in [1.82, 2.24) is 10.1 Å². The van der Waals surface area contributed by atoms with Crippen molar-refractivity contribution in [3.63, 3.8) is 0 Å². The SMILES string of the molecule is Cc1conc1N1CCC[C@@H](N(C)C(=O)OC(C)(C)C)C1. The molecule has 118 valence electrons. The second kappa shape index (κ2) is 5.95. The van der Waals surface area contributed by atoms with Gasteiger partial charge < -0.3 is 19.1 Å². The van der Waals surface area contributed by atoms with Crippen LogP contribution in [-0.4, -0.2) is 47.9 Å². The average Bonchev–Trinajstić information content (AvgIpc) is 2.82. The van der Waals surface area contributed by atoms with Crippen LogP contribution in [0.5, 0.6) is 0 Å². The van der Waals surface area contributed by atoms with Crippen LogP contribution in [0.2, 0.25) is 0 Å². The molecular formula is C15H25N3O3. The summed E-state index contributed by atoms with van der Waals surface area (Å²) in [5, 5.41) is 4.05. The van der Waals surface area contributed by atoms with Crippen molar-refractivity contribution in [2.24, 2.45) is 0 Å². The van der Waals surface area contributed by atoms with E-state index in [1.807, 2.05) is 27.7 Å². The number of aryl methyl sites for hydroxylation is 1. The average molecular weight is 295 g/mol. The second-order valence-corrected chi connectivity index (χ2v) is 6.65. The molecule has 1 atom stereocenters. The predicted octanol–water partition coefficient (Wildman–Crippen LogP) is 2.82. The third-order valence-electron chi connectivity index (χ3n) is 3.65. The number of carbonyl (C=O) groups is 1. The molecule has 0 spiro atoms. The number of aromatic nitrogens is 1. The van der Waals surface area contributed by atoms with E-state index in [1.165, 1.54) is 0 Å². The van der Waals surface area contributed by atoms with Gasteiger partial charge in [-0.1, -0.05) is 5.16 Å². The van der Waals surface area contributed by atoms with E-state index < -0.39 is 5.60 Å². The van der Waals surface area contributed by atoms with Crippen molar-refractivity contribution in [3.8, 4) is 0 Å². The Morgan fingerprint density at radius 2 is 2.24 bits per heavy atom. The van der Waals surface area contributed by atoms with E-state index in [9.17, 15) is 4.79 Å².